The number of aromatic nitrogens is 3. The van der Waals surface area contributed by atoms with Gasteiger partial charge < -0.3 is 0 Å². The van der Waals surface area contributed by atoms with E-state index < -0.39 is 0 Å². The van der Waals surface area contributed by atoms with E-state index in [1.54, 1.807) is 35.3 Å². The standard InChI is InChI=1S/C17H13N3O2/c21-9-13-1-5-15(6-2-13)17(20-12-18-11-19-20)16-7-3-14(10-22)4-8-16/h1-12,17H. The largest absolute Gasteiger partial charge is 0.298 e. The van der Waals surface area contributed by atoms with Crippen LogP contribution in [-0.2, 0) is 0 Å². The van der Waals surface area contributed by atoms with Crippen LogP contribution in [0.4, 0.5) is 0 Å². The van der Waals surface area contributed by atoms with Gasteiger partial charge in [0.05, 0.1) is 0 Å². The van der Waals surface area contributed by atoms with Crippen molar-refractivity contribution in [2.45, 2.75) is 6.04 Å². The lowest BCUT2D eigenvalue weighted by Crippen LogP contribution is -2.13. The maximum absolute atomic E-state index is 10.8. The van der Waals surface area contributed by atoms with Gasteiger partial charge in [0.2, 0.25) is 0 Å². The first-order valence-electron chi connectivity index (χ1n) is 6.76. The van der Waals surface area contributed by atoms with Crippen molar-refractivity contribution in [1.29, 1.82) is 0 Å². The molecule has 0 amide bonds. The molecule has 3 aromatic rings. The summed E-state index contributed by atoms with van der Waals surface area (Å²) in [6.45, 7) is 0. The molecule has 5 nitrogen and oxygen atoms in total. The number of hydrogen-bond donors (Lipinski definition) is 0. The van der Waals surface area contributed by atoms with Crippen LogP contribution in [0.2, 0.25) is 0 Å². The van der Waals surface area contributed by atoms with Crippen LogP contribution < -0.4 is 0 Å². The van der Waals surface area contributed by atoms with Crippen molar-refractivity contribution in [2.75, 3.05) is 0 Å². The molecule has 2 aromatic carbocycles. The molecule has 22 heavy (non-hydrogen) atoms. The third kappa shape index (κ3) is 2.69. The van der Waals surface area contributed by atoms with Crippen LogP contribution >= 0.6 is 0 Å². The van der Waals surface area contributed by atoms with Crippen molar-refractivity contribution in [1.82, 2.24) is 14.8 Å². The second-order valence-corrected chi connectivity index (χ2v) is 4.85. The first kappa shape index (κ1) is 13.9. The minimum atomic E-state index is -0.163. The van der Waals surface area contributed by atoms with Gasteiger partial charge in [0.25, 0.3) is 0 Å². The third-order valence-electron chi connectivity index (χ3n) is 3.48. The van der Waals surface area contributed by atoms with Gasteiger partial charge in [-0.05, 0) is 11.1 Å². The van der Waals surface area contributed by atoms with Crippen LogP contribution in [-0.4, -0.2) is 27.3 Å². The summed E-state index contributed by atoms with van der Waals surface area (Å²) in [5.41, 5.74) is 3.21. The van der Waals surface area contributed by atoms with Crippen molar-refractivity contribution in [3.05, 3.63) is 83.4 Å². The highest BCUT2D eigenvalue weighted by molar-refractivity contribution is 5.75. The Hall–Kier alpha value is -3.08. The van der Waals surface area contributed by atoms with Crippen molar-refractivity contribution >= 4 is 12.6 Å². The summed E-state index contributed by atoms with van der Waals surface area (Å²) in [7, 11) is 0. The highest BCUT2D eigenvalue weighted by Crippen LogP contribution is 2.26. The summed E-state index contributed by atoms with van der Waals surface area (Å²) >= 11 is 0. The van der Waals surface area contributed by atoms with Crippen LogP contribution in [0, 0.1) is 0 Å². The summed E-state index contributed by atoms with van der Waals surface area (Å²) in [6, 6.07) is 14.5. The van der Waals surface area contributed by atoms with Gasteiger partial charge in [-0.2, -0.15) is 5.10 Å². The van der Waals surface area contributed by atoms with Gasteiger partial charge in [-0.15, -0.1) is 0 Å². The number of hydrogen-bond acceptors (Lipinski definition) is 4. The highest BCUT2D eigenvalue weighted by Gasteiger charge is 2.17. The molecule has 0 radical (unpaired) electrons. The molecule has 3 rings (SSSR count). The number of nitrogens with zero attached hydrogens (tertiary/aromatic N) is 3. The molecule has 0 atom stereocenters. The van der Waals surface area contributed by atoms with Crippen molar-refractivity contribution in [3.63, 3.8) is 0 Å². The van der Waals surface area contributed by atoms with Crippen LogP contribution in [0.5, 0.6) is 0 Å². The van der Waals surface area contributed by atoms with Gasteiger partial charge >= 0.3 is 0 Å². The number of rotatable bonds is 5. The zero-order valence-corrected chi connectivity index (χ0v) is 11.7. The van der Waals surface area contributed by atoms with Gasteiger partial charge in [0.1, 0.15) is 31.3 Å². The Labute approximate surface area is 127 Å². The molecule has 1 heterocycles. The molecule has 0 saturated carbocycles. The van der Waals surface area contributed by atoms with E-state index in [9.17, 15) is 9.59 Å². The van der Waals surface area contributed by atoms with Gasteiger partial charge in [-0.3, -0.25) is 9.59 Å². The van der Waals surface area contributed by atoms with E-state index in [1.807, 2.05) is 24.3 Å². The fourth-order valence-corrected chi connectivity index (χ4v) is 2.36. The zero-order chi connectivity index (χ0) is 15.4. The van der Waals surface area contributed by atoms with Gasteiger partial charge in [-0.25, -0.2) is 9.67 Å². The molecule has 1 aromatic heterocycles. The maximum Gasteiger partial charge on any atom is 0.150 e. The molecule has 0 unspecified atom stereocenters. The fourth-order valence-electron chi connectivity index (χ4n) is 2.36. The summed E-state index contributed by atoms with van der Waals surface area (Å²) in [5.74, 6) is 0. The minimum Gasteiger partial charge on any atom is -0.298 e. The predicted molar refractivity (Wildman–Crippen MR) is 80.9 cm³/mol. The van der Waals surface area contributed by atoms with E-state index in [2.05, 4.69) is 10.1 Å². The number of aldehydes is 2. The normalized spacial score (nSPS) is 10.6. The highest BCUT2D eigenvalue weighted by atomic mass is 16.1. The van der Waals surface area contributed by atoms with Crippen LogP contribution in [0.25, 0.3) is 0 Å². The summed E-state index contributed by atoms with van der Waals surface area (Å²) in [5, 5.41) is 4.22. The molecule has 0 aliphatic rings. The molecule has 0 N–H and O–H groups in total. The van der Waals surface area contributed by atoms with E-state index in [0.717, 1.165) is 23.7 Å². The Balaban J connectivity index is 2.06. The maximum atomic E-state index is 10.8. The monoisotopic (exact) mass is 291 g/mol. The third-order valence-corrected chi connectivity index (χ3v) is 3.48. The minimum absolute atomic E-state index is 0.163. The molecule has 0 aliphatic carbocycles. The Morgan fingerprint density at radius 2 is 1.32 bits per heavy atom. The SMILES string of the molecule is O=Cc1ccc(C(c2ccc(C=O)cc2)n2cncn2)cc1. The number of benzene rings is 2. The van der Waals surface area contributed by atoms with Gasteiger partial charge in [0, 0.05) is 11.1 Å². The molecule has 108 valence electrons. The second kappa shape index (κ2) is 6.13. The molecule has 0 fully saturated rings. The zero-order valence-electron chi connectivity index (χ0n) is 11.7. The van der Waals surface area contributed by atoms with Crippen molar-refractivity contribution in [3.8, 4) is 0 Å². The topological polar surface area (TPSA) is 64.8 Å². The van der Waals surface area contributed by atoms with Crippen LogP contribution in [0.1, 0.15) is 37.9 Å². The van der Waals surface area contributed by atoms with E-state index in [1.165, 1.54) is 6.33 Å². The molecule has 0 bridgehead atoms. The van der Waals surface area contributed by atoms with Gasteiger partial charge in [-0.1, -0.05) is 48.5 Å². The van der Waals surface area contributed by atoms with Crippen LogP contribution in [0.3, 0.4) is 0 Å². The lowest BCUT2D eigenvalue weighted by Gasteiger charge is -2.18. The first-order chi connectivity index (χ1) is 10.8. The van der Waals surface area contributed by atoms with E-state index >= 15 is 0 Å². The molecule has 0 aliphatic heterocycles. The van der Waals surface area contributed by atoms with Crippen molar-refractivity contribution < 1.29 is 9.59 Å². The smallest absolute Gasteiger partial charge is 0.150 e. The van der Waals surface area contributed by atoms with Crippen molar-refractivity contribution in [2.24, 2.45) is 0 Å². The molecule has 5 heteroatoms. The predicted octanol–water partition coefficient (Wildman–Crippen LogP) is 2.54. The Morgan fingerprint density at radius 1 is 0.818 bits per heavy atom. The molecular formula is C17H13N3O2. The van der Waals surface area contributed by atoms with E-state index in [0.29, 0.717) is 11.1 Å². The fraction of sp³-hybridized carbons (Fsp3) is 0.0588. The average molecular weight is 291 g/mol. The summed E-state index contributed by atoms with van der Waals surface area (Å²) < 4.78 is 1.74. The average Bonchev–Trinajstić information content (AvgIpc) is 3.10. The molecule has 0 saturated heterocycles. The van der Waals surface area contributed by atoms with E-state index in [-0.39, 0.29) is 6.04 Å². The lowest BCUT2D eigenvalue weighted by atomic mass is 9.97. The Kier molecular flexibility index (Phi) is 3.87. The number of carbonyl (C=O) groups excluding carboxylic acids is 2. The lowest BCUT2D eigenvalue weighted by molar-refractivity contribution is 0.111. The quantitative estimate of drug-likeness (QED) is 0.678. The first-order valence-corrected chi connectivity index (χ1v) is 6.76. The second-order valence-electron chi connectivity index (χ2n) is 4.85. The van der Waals surface area contributed by atoms with Crippen LogP contribution in [0.15, 0.2) is 61.2 Å². The van der Waals surface area contributed by atoms with Gasteiger partial charge in [0.15, 0.2) is 0 Å². The molecular weight excluding hydrogens is 278 g/mol. The Morgan fingerprint density at radius 3 is 1.68 bits per heavy atom. The summed E-state index contributed by atoms with van der Waals surface area (Å²) in [6.07, 6.45) is 4.75. The molecule has 0 spiro atoms. The van der Waals surface area contributed by atoms with E-state index in [4.69, 9.17) is 0 Å². The summed E-state index contributed by atoms with van der Waals surface area (Å²) in [4.78, 5) is 25.6. The number of carbonyl (C=O) groups is 2. The Bertz CT molecular complexity index is 711.